The minimum Gasteiger partial charge on any atom is -0.389 e. The summed E-state index contributed by atoms with van der Waals surface area (Å²) >= 11 is 0. The molecule has 0 aliphatic carbocycles. The van der Waals surface area contributed by atoms with Crippen molar-refractivity contribution in [1.82, 2.24) is 0 Å². The maximum atomic E-state index is 11.6. The maximum Gasteiger partial charge on any atom is 0.107 e. The quantitative estimate of drug-likeness (QED) is 0.542. The summed E-state index contributed by atoms with van der Waals surface area (Å²) < 4.78 is 11.6. The molecule has 50 valence electrons. The fraction of sp³-hybridized carbons (Fsp3) is 1.00. The molecule has 2 nitrogen and oxygen atoms in total. The molecule has 0 rings (SSSR count). The van der Waals surface area contributed by atoms with Crippen LogP contribution in [0.1, 0.15) is 13.8 Å². The number of alkyl halides is 1. The van der Waals surface area contributed by atoms with Crippen LogP contribution in [0.5, 0.6) is 0 Å². The first-order valence-corrected chi connectivity index (χ1v) is 2.52. The number of hydrogen-bond donors (Lipinski definition) is 2. The number of hydrogen-bond acceptors (Lipinski definition) is 2. The molecule has 0 spiro atoms. The highest BCUT2D eigenvalue weighted by Crippen LogP contribution is 2.05. The van der Waals surface area contributed by atoms with Gasteiger partial charge in [-0.2, -0.15) is 0 Å². The average molecular weight is 121 g/mol. The average Bonchev–Trinajstić information content (AvgIpc) is 1.62. The number of rotatable bonds is 2. The lowest BCUT2D eigenvalue weighted by Crippen LogP contribution is -2.44. The van der Waals surface area contributed by atoms with E-state index in [4.69, 9.17) is 10.8 Å². The van der Waals surface area contributed by atoms with Crippen LogP contribution in [0, 0.1) is 0 Å². The molecule has 0 amide bonds. The molecule has 0 aromatic carbocycles. The Bertz CT molecular complexity index is 69.3. The summed E-state index contributed by atoms with van der Waals surface area (Å²) in [5.41, 5.74) is 4.04. The van der Waals surface area contributed by atoms with E-state index < -0.39 is 18.3 Å². The highest BCUT2D eigenvalue weighted by Gasteiger charge is 2.21. The van der Waals surface area contributed by atoms with Crippen molar-refractivity contribution in [3.63, 3.8) is 0 Å². The van der Waals surface area contributed by atoms with E-state index in [9.17, 15) is 4.39 Å². The Balaban J connectivity index is 3.62. The predicted octanol–water partition coefficient (Wildman–Crippen LogP) is 0.0541. The van der Waals surface area contributed by atoms with Gasteiger partial charge < -0.3 is 10.8 Å². The van der Waals surface area contributed by atoms with Gasteiger partial charge in [0, 0.05) is 0 Å². The minimum atomic E-state index is -1.09. The molecule has 0 aromatic rings. The summed E-state index contributed by atoms with van der Waals surface area (Å²) in [5.74, 6) is 0. The van der Waals surface area contributed by atoms with Gasteiger partial charge >= 0.3 is 0 Å². The molecule has 0 heterocycles. The second-order valence-electron chi connectivity index (χ2n) is 2.41. The van der Waals surface area contributed by atoms with Gasteiger partial charge in [0.2, 0.25) is 0 Å². The van der Waals surface area contributed by atoms with E-state index in [1.807, 2.05) is 0 Å². The fourth-order valence-corrected chi connectivity index (χ4v) is 0.189. The Hall–Kier alpha value is -0.150. The van der Waals surface area contributed by atoms with Crippen LogP contribution in [0.15, 0.2) is 0 Å². The summed E-state index contributed by atoms with van der Waals surface area (Å²) in [6.07, 6.45) is 0. The first-order valence-electron chi connectivity index (χ1n) is 2.52. The van der Waals surface area contributed by atoms with E-state index in [2.05, 4.69) is 0 Å². The molecule has 0 bridgehead atoms. The summed E-state index contributed by atoms with van der Waals surface area (Å²) in [7, 11) is 0. The van der Waals surface area contributed by atoms with Crippen molar-refractivity contribution in [1.29, 1.82) is 0 Å². The number of halogens is 1. The van der Waals surface area contributed by atoms with Crippen molar-refractivity contribution in [2.75, 3.05) is 6.67 Å². The highest BCUT2D eigenvalue weighted by atomic mass is 19.1. The van der Waals surface area contributed by atoms with Crippen molar-refractivity contribution >= 4 is 0 Å². The van der Waals surface area contributed by atoms with Gasteiger partial charge in [0.15, 0.2) is 0 Å². The first-order chi connectivity index (χ1) is 3.48. The van der Waals surface area contributed by atoms with E-state index in [0.717, 1.165) is 0 Å². The van der Waals surface area contributed by atoms with Gasteiger partial charge in [-0.25, -0.2) is 4.39 Å². The van der Waals surface area contributed by atoms with Crippen LogP contribution in [-0.2, 0) is 0 Å². The molecule has 1 atom stereocenters. The predicted molar refractivity (Wildman–Crippen MR) is 30.2 cm³/mol. The summed E-state index contributed by atoms with van der Waals surface area (Å²) in [6, 6.07) is -0.762. The smallest absolute Gasteiger partial charge is 0.107 e. The molecule has 0 aromatic heterocycles. The van der Waals surface area contributed by atoms with Crippen molar-refractivity contribution in [2.45, 2.75) is 25.5 Å². The van der Waals surface area contributed by atoms with Crippen LogP contribution in [0.4, 0.5) is 4.39 Å². The van der Waals surface area contributed by atoms with Crippen molar-refractivity contribution in [2.24, 2.45) is 5.73 Å². The lowest BCUT2D eigenvalue weighted by atomic mass is 10.0. The first kappa shape index (κ1) is 7.85. The van der Waals surface area contributed by atoms with Crippen molar-refractivity contribution in [3.8, 4) is 0 Å². The van der Waals surface area contributed by atoms with E-state index >= 15 is 0 Å². The van der Waals surface area contributed by atoms with Crippen molar-refractivity contribution in [3.05, 3.63) is 0 Å². The van der Waals surface area contributed by atoms with Crippen LogP contribution in [0.2, 0.25) is 0 Å². The zero-order valence-electron chi connectivity index (χ0n) is 5.19. The number of aliphatic hydroxyl groups is 1. The van der Waals surface area contributed by atoms with Crippen LogP contribution >= 0.6 is 0 Å². The molecule has 0 radical (unpaired) electrons. The Morgan fingerprint density at radius 1 is 1.75 bits per heavy atom. The molecule has 8 heavy (non-hydrogen) atoms. The van der Waals surface area contributed by atoms with E-state index in [1.165, 1.54) is 13.8 Å². The molecular formula is C5H12FNO. The maximum absolute atomic E-state index is 11.6. The zero-order valence-corrected chi connectivity index (χ0v) is 5.19. The third-order valence-corrected chi connectivity index (χ3v) is 1.07. The van der Waals surface area contributed by atoms with Gasteiger partial charge in [0.1, 0.15) is 6.67 Å². The van der Waals surface area contributed by atoms with E-state index in [-0.39, 0.29) is 0 Å². The molecule has 0 aliphatic rings. The Morgan fingerprint density at radius 3 is 2.12 bits per heavy atom. The van der Waals surface area contributed by atoms with Crippen LogP contribution in [-0.4, -0.2) is 23.4 Å². The van der Waals surface area contributed by atoms with Crippen LogP contribution in [0.25, 0.3) is 0 Å². The summed E-state index contributed by atoms with van der Waals surface area (Å²) in [5, 5.41) is 8.92. The van der Waals surface area contributed by atoms with Crippen LogP contribution in [0.3, 0.4) is 0 Å². The zero-order chi connectivity index (χ0) is 6.78. The van der Waals surface area contributed by atoms with Crippen molar-refractivity contribution < 1.29 is 9.50 Å². The standard InChI is InChI=1S/C5H12FNO/c1-5(2,8)4(7)3-6/h4,8H,3,7H2,1-2H3/t4-/m1/s1. The molecule has 0 saturated carbocycles. The van der Waals surface area contributed by atoms with Gasteiger partial charge in [-0.15, -0.1) is 0 Å². The second-order valence-corrected chi connectivity index (χ2v) is 2.41. The highest BCUT2D eigenvalue weighted by molar-refractivity contribution is 4.79. The molecule has 3 heteroatoms. The fourth-order valence-electron chi connectivity index (χ4n) is 0.189. The minimum absolute atomic E-state index is 0.677. The largest absolute Gasteiger partial charge is 0.389 e. The Kier molecular flexibility index (Phi) is 2.37. The molecule has 3 N–H and O–H groups in total. The lowest BCUT2D eigenvalue weighted by Gasteiger charge is -2.22. The third-order valence-electron chi connectivity index (χ3n) is 1.07. The molecule has 0 aliphatic heterocycles. The monoisotopic (exact) mass is 121 g/mol. The summed E-state index contributed by atoms with van der Waals surface area (Å²) in [6.45, 7) is 2.29. The molecule has 0 fully saturated rings. The van der Waals surface area contributed by atoms with Gasteiger partial charge in [-0.3, -0.25) is 0 Å². The summed E-state index contributed by atoms with van der Waals surface area (Å²) in [4.78, 5) is 0. The SMILES string of the molecule is CC(C)(O)[C@H](N)CF. The molecule has 0 saturated heterocycles. The normalized spacial score (nSPS) is 16.1. The Labute approximate surface area is 48.5 Å². The van der Waals surface area contributed by atoms with E-state index in [1.54, 1.807) is 0 Å². The Morgan fingerprint density at radius 2 is 2.12 bits per heavy atom. The second kappa shape index (κ2) is 2.42. The van der Waals surface area contributed by atoms with Gasteiger partial charge in [0.05, 0.1) is 11.6 Å². The van der Waals surface area contributed by atoms with Gasteiger partial charge in [0.25, 0.3) is 0 Å². The third kappa shape index (κ3) is 2.23. The van der Waals surface area contributed by atoms with Gasteiger partial charge in [-0.05, 0) is 13.8 Å². The van der Waals surface area contributed by atoms with E-state index in [0.29, 0.717) is 0 Å². The number of nitrogens with two attached hydrogens (primary N) is 1. The van der Waals surface area contributed by atoms with Gasteiger partial charge in [-0.1, -0.05) is 0 Å². The van der Waals surface area contributed by atoms with Crippen LogP contribution < -0.4 is 5.73 Å². The topological polar surface area (TPSA) is 46.2 Å². The molecular weight excluding hydrogens is 109 g/mol. The lowest BCUT2D eigenvalue weighted by molar-refractivity contribution is 0.0433. The molecule has 0 unspecified atom stereocenters.